The summed E-state index contributed by atoms with van der Waals surface area (Å²) < 4.78 is 0. The molecule has 2 aliphatic rings. The number of nitrogens with two attached hydrogens (primary N) is 1. The van der Waals surface area contributed by atoms with E-state index in [4.69, 9.17) is 10.8 Å². The summed E-state index contributed by atoms with van der Waals surface area (Å²) in [6.07, 6.45) is 3.60. The highest BCUT2D eigenvalue weighted by atomic mass is 16.4. The minimum absolute atomic E-state index is 0.0833. The molecule has 1 amide bonds. The van der Waals surface area contributed by atoms with Gasteiger partial charge in [-0.2, -0.15) is 0 Å². The van der Waals surface area contributed by atoms with Gasteiger partial charge in [0.2, 0.25) is 5.91 Å². The summed E-state index contributed by atoms with van der Waals surface area (Å²) in [5, 5.41) is 11.5. The van der Waals surface area contributed by atoms with Crippen LogP contribution in [0.3, 0.4) is 0 Å². The SMILES string of the molecule is CC[C@H](NC(=O)C1C2CCC(C2)C1N)C(=O)O. The predicted octanol–water partition coefficient (Wildman–Crippen LogP) is 0.339. The molecular formula is C12H20N2O3. The third kappa shape index (κ3) is 2.16. The van der Waals surface area contributed by atoms with E-state index in [0.29, 0.717) is 18.3 Å². The van der Waals surface area contributed by atoms with Gasteiger partial charge in [0.25, 0.3) is 0 Å². The summed E-state index contributed by atoms with van der Waals surface area (Å²) in [5.41, 5.74) is 6.05. The average Bonchev–Trinajstić information content (AvgIpc) is 2.85. The number of carbonyl (C=O) groups is 2. The molecule has 0 heterocycles. The van der Waals surface area contributed by atoms with E-state index < -0.39 is 12.0 Å². The maximum atomic E-state index is 12.1. The number of carboxylic acids is 1. The van der Waals surface area contributed by atoms with Gasteiger partial charge >= 0.3 is 5.97 Å². The molecule has 0 aromatic rings. The van der Waals surface area contributed by atoms with Gasteiger partial charge in [0.1, 0.15) is 6.04 Å². The Morgan fingerprint density at radius 1 is 1.41 bits per heavy atom. The van der Waals surface area contributed by atoms with Crippen molar-refractivity contribution in [2.24, 2.45) is 23.5 Å². The summed E-state index contributed by atoms with van der Waals surface area (Å²) in [4.78, 5) is 22.9. The van der Waals surface area contributed by atoms with Crippen molar-refractivity contribution in [3.63, 3.8) is 0 Å². The number of carboxylic acid groups (broad SMARTS) is 1. The van der Waals surface area contributed by atoms with Crippen LogP contribution in [-0.2, 0) is 9.59 Å². The predicted molar refractivity (Wildman–Crippen MR) is 62.2 cm³/mol. The Labute approximate surface area is 101 Å². The lowest BCUT2D eigenvalue weighted by Gasteiger charge is -2.28. The van der Waals surface area contributed by atoms with Crippen LogP contribution < -0.4 is 11.1 Å². The fourth-order valence-corrected chi connectivity index (χ4v) is 3.33. The summed E-state index contributed by atoms with van der Waals surface area (Å²) in [6, 6.07) is -0.867. The average molecular weight is 240 g/mol. The first-order chi connectivity index (χ1) is 8.04. The zero-order valence-electron chi connectivity index (χ0n) is 10.1. The van der Waals surface area contributed by atoms with Crippen molar-refractivity contribution in [1.82, 2.24) is 5.32 Å². The number of amides is 1. The molecule has 4 N–H and O–H groups in total. The molecule has 0 spiro atoms. The van der Waals surface area contributed by atoms with Crippen LogP contribution in [0.15, 0.2) is 0 Å². The Balaban J connectivity index is 1.98. The second kappa shape index (κ2) is 4.64. The summed E-state index contributed by atoms with van der Waals surface area (Å²) in [5.74, 6) is -0.499. The molecule has 96 valence electrons. The number of hydrogen-bond donors (Lipinski definition) is 3. The highest BCUT2D eigenvalue weighted by Gasteiger charge is 2.49. The second-order valence-corrected chi connectivity index (χ2v) is 5.24. The summed E-state index contributed by atoms with van der Waals surface area (Å²) in [7, 11) is 0. The van der Waals surface area contributed by atoms with E-state index in [-0.39, 0.29) is 17.9 Å². The van der Waals surface area contributed by atoms with E-state index in [1.165, 1.54) is 0 Å². The number of nitrogens with one attached hydrogen (secondary N) is 1. The number of rotatable bonds is 4. The molecule has 2 rings (SSSR count). The van der Waals surface area contributed by atoms with E-state index in [0.717, 1.165) is 19.3 Å². The number of fused-ring (bicyclic) bond motifs is 2. The van der Waals surface area contributed by atoms with Gasteiger partial charge in [0.15, 0.2) is 0 Å². The van der Waals surface area contributed by atoms with E-state index >= 15 is 0 Å². The minimum Gasteiger partial charge on any atom is -0.480 e. The van der Waals surface area contributed by atoms with Crippen LogP contribution in [0.25, 0.3) is 0 Å². The van der Waals surface area contributed by atoms with Crippen molar-refractivity contribution in [1.29, 1.82) is 0 Å². The van der Waals surface area contributed by atoms with Crippen LogP contribution in [0, 0.1) is 17.8 Å². The molecule has 0 aromatic heterocycles. The molecule has 5 heteroatoms. The first kappa shape index (κ1) is 12.4. The van der Waals surface area contributed by atoms with E-state index in [1.54, 1.807) is 6.92 Å². The summed E-state index contributed by atoms with van der Waals surface area (Å²) >= 11 is 0. The normalized spacial score (nSPS) is 36.8. The van der Waals surface area contributed by atoms with Crippen molar-refractivity contribution >= 4 is 11.9 Å². The molecule has 5 nitrogen and oxygen atoms in total. The molecule has 17 heavy (non-hydrogen) atoms. The Kier molecular flexibility index (Phi) is 3.38. The fraction of sp³-hybridized carbons (Fsp3) is 0.833. The maximum Gasteiger partial charge on any atom is 0.326 e. The standard InChI is InChI=1S/C12H20N2O3/c1-2-8(12(16)17)14-11(15)9-6-3-4-7(5-6)10(9)13/h6-10H,2-5,13H2,1H3,(H,14,15)(H,16,17)/t6?,7?,8-,9?,10?/m0/s1. The van der Waals surface area contributed by atoms with Gasteiger partial charge in [-0.15, -0.1) is 0 Å². The van der Waals surface area contributed by atoms with Crippen LogP contribution >= 0.6 is 0 Å². The molecule has 2 saturated carbocycles. The van der Waals surface area contributed by atoms with Crippen LogP contribution in [0.2, 0.25) is 0 Å². The lowest BCUT2D eigenvalue weighted by molar-refractivity contribution is -0.143. The Morgan fingerprint density at radius 2 is 2.06 bits per heavy atom. The van der Waals surface area contributed by atoms with Crippen LogP contribution in [-0.4, -0.2) is 29.1 Å². The third-order valence-electron chi connectivity index (χ3n) is 4.31. The van der Waals surface area contributed by atoms with Gasteiger partial charge in [-0.1, -0.05) is 6.92 Å². The van der Waals surface area contributed by atoms with Crippen LogP contribution in [0.1, 0.15) is 32.6 Å². The lowest BCUT2D eigenvalue weighted by Crippen LogP contribution is -2.49. The van der Waals surface area contributed by atoms with E-state index in [9.17, 15) is 9.59 Å². The van der Waals surface area contributed by atoms with E-state index in [1.807, 2.05) is 0 Å². The zero-order valence-corrected chi connectivity index (χ0v) is 10.1. The topological polar surface area (TPSA) is 92.4 Å². The zero-order chi connectivity index (χ0) is 12.6. The smallest absolute Gasteiger partial charge is 0.326 e. The third-order valence-corrected chi connectivity index (χ3v) is 4.31. The number of carbonyl (C=O) groups excluding carboxylic acids is 1. The minimum atomic E-state index is -0.974. The van der Waals surface area contributed by atoms with E-state index in [2.05, 4.69) is 5.32 Å². The molecule has 2 fully saturated rings. The monoisotopic (exact) mass is 240 g/mol. The molecule has 0 radical (unpaired) electrons. The second-order valence-electron chi connectivity index (χ2n) is 5.24. The molecule has 4 unspecified atom stereocenters. The molecule has 2 bridgehead atoms. The summed E-state index contributed by atoms with van der Waals surface area (Å²) in [6.45, 7) is 1.75. The van der Waals surface area contributed by atoms with Gasteiger partial charge in [-0.05, 0) is 37.5 Å². The van der Waals surface area contributed by atoms with Crippen LogP contribution in [0.4, 0.5) is 0 Å². The Hall–Kier alpha value is -1.10. The highest BCUT2D eigenvalue weighted by Crippen LogP contribution is 2.47. The number of aliphatic carboxylic acids is 1. The quantitative estimate of drug-likeness (QED) is 0.660. The van der Waals surface area contributed by atoms with Crippen molar-refractivity contribution < 1.29 is 14.7 Å². The highest BCUT2D eigenvalue weighted by molar-refractivity contribution is 5.85. The lowest BCUT2D eigenvalue weighted by atomic mass is 9.84. The van der Waals surface area contributed by atoms with Gasteiger partial charge in [0.05, 0.1) is 5.92 Å². The van der Waals surface area contributed by atoms with Gasteiger partial charge < -0.3 is 16.2 Å². The fourth-order valence-electron chi connectivity index (χ4n) is 3.33. The Bertz CT molecular complexity index is 330. The Morgan fingerprint density at radius 3 is 2.53 bits per heavy atom. The molecule has 0 saturated heterocycles. The molecular weight excluding hydrogens is 220 g/mol. The van der Waals surface area contributed by atoms with Crippen molar-refractivity contribution in [3.8, 4) is 0 Å². The number of hydrogen-bond acceptors (Lipinski definition) is 3. The molecule has 5 atom stereocenters. The molecule has 0 aliphatic heterocycles. The molecule has 0 aromatic carbocycles. The van der Waals surface area contributed by atoms with Crippen LogP contribution in [0.5, 0.6) is 0 Å². The van der Waals surface area contributed by atoms with Crippen molar-refractivity contribution in [2.45, 2.75) is 44.7 Å². The van der Waals surface area contributed by atoms with Gasteiger partial charge in [-0.3, -0.25) is 4.79 Å². The van der Waals surface area contributed by atoms with Crippen molar-refractivity contribution in [3.05, 3.63) is 0 Å². The van der Waals surface area contributed by atoms with Gasteiger partial charge in [-0.25, -0.2) is 4.79 Å². The van der Waals surface area contributed by atoms with Crippen molar-refractivity contribution in [2.75, 3.05) is 0 Å². The van der Waals surface area contributed by atoms with Gasteiger partial charge in [0, 0.05) is 6.04 Å². The largest absolute Gasteiger partial charge is 0.480 e. The first-order valence-corrected chi connectivity index (χ1v) is 6.33. The first-order valence-electron chi connectivity index (χ1n) is 6.33. The maximum absolute atomic E-state index is 12.1. The molecule has 2 aliphatic carbocycles.